The number of oxazole rings is 2. The van der Waals surface area contributed by atoms with Crippen LogP contribution in [0.15, 0.2) is 37.6 Å². The van der Waals surface area contributed by atoms with Crippen molar-refractivity contribution in [2.45, 2.75) is 31.8 Å². The van der Waals surface area contributed by atoms with Crippen molar-refractivity contribution in [3.05, 3.63) is 58.1 Å². The first-order valence-electron chi connectivity index (χ1n) is 10.0. The summed E-state index contributed by atoms with van der Waals surface area (Å²) < 4.78 is 21.1. The second-order valence-electron chi connectivity index (χ2n) is 7.59. The van der Waals surface area contributed by atoms with Crippen LogP contribution in [0.2, 0.25) is 5.15 Å². The number of hydrogen-bond acceptors (Lipinski definition) is 9. The van der Waals surface area contributed by atoms with Gasteiger partial charge in [-0.3, -0.25) is 10.1 Å². The Morgan fingerprint density at radius 1 is 1.21 bits per heavy atom. The fraction of sp³-hybridized carbons (Fsp3) is 0.227. The molecular formula is C22H15ClN4O7. The van der Waals surface area contributed by atoms with Crippen molar-refractivity contribution >= 4 is 40.8 Å². The molecule has 34 heavy (non-hydrogen) atoms. The largest absolute Gasteiger partial charge is 0.480 e. The molecule has 1 fully saturated rings. The third kappa shape index (κ3) is 3.95. The first-order chi connectivity index (χ1) is 16.4. The van der Waals surface area contributed by atoms with Crippen molar-refractivity contribution in [3.63, 3.8) is 0 Å². The van der Waals surface area contributed by atoms with E-state index in [1.807, 2.05) is 31.2 Å². The van der Waals surface area contributed by atoms with Crippen molar-refractivity contribution in [3.8, 4) is 11.8 Å². The predicted octanol–water partition coefficient (Wildman–Crippen LogP) is 4.03. The molecule has 0 bridgehead atoms. The molecule has 0 radical (unpaired) electrons. The third-order valence-electron chi connectivity index (χ3n) is 5.33. The number of nitrogens with zero attached hydrogens (tertiary/aromatic N) is 3. The zero-order valence-corrected chi connectivity index (χ0v) is 18.3. The smallest absolute Gasteiger partial charge is 0.412 e. The minimum Gasteiger partial charge on any atom is -0.480 e. The Morgan fingerprint density at radius 3 is 2.68 bits per heavy atom. The first kappa shape index (κ1) is 21.5. The van der Waals surface area contributed by atoms with Gasteiger partial charge in [-0.1, -0.05) is 41.0 Å². The number of fused-ring (bicyclic) bond motifs is 1. The second-order valence-corrected chi connectivity index (χ2v) is 7.95. The predicted molar refractivity (Wildman–Crippen MR) is 115 cm³/mol. The van der Waals surface area contributed by atoms with Crippen LogP contribution in [-0.4, -0.2) is 32.3 Å². The van der Waals surface area contributed by atoms with Crippen molar-refractivity contribution in [2.24, 2.45) is 0 Å². The van der Waals surface area contributed by atoms with Gasteiger partial charge in [0.1, 0.15) is 17.7 Å². The lowest BCUT2D eigenvalue weighted by molar-refractivity contribution is -0.140. The maximum absolute atomic E-state index is 12.2. The highest BCUT2D eigenvalue weighted by atomic mass is 35.5. The molecule has 1 aromatic carbocycles. The summed E-state index contributed by atoms with van der Waals surface area (Å²) in [4.78, 5) is 31.8. The van der Waals surface area contributed by atoms with Crippen molar-refractivity contribution in [1.82, 2.24) is 15.1 Å². The molecule has 4 aromatic rings. The minimum absolute atomic E-state index is 0.0248. The number of amides is 1. The number of carboxylic acids is 1. The van der Waals surface area contributed by atoms with Gasteiger partial charge >= 0.3 is 12.1 Å². The van der Waals surface area contributed by atoms with Crippen LogP contribution in [0.4, 0.5) is 10.5 Å². The van der Waals surface area contributed by atoms with E-state index < -0.39 is 17.5 Å². The molecule has 1 saturated carbocycles. The quantitative estimate of drug-likeness (QED) is 0.398. The number of nitrogens with one attached hydrogen (secondary N) is 1. The van der Waals surface area contributed by atoms with E-state index in [0.29, 0.717) is 12.8 Å². The van der Waals surface area contributed by atoms with E-state index in [2.05, 4.69) is 32.3 Å². The average Bonchev–Trinajstić information content (AvgIpc) is 3.25. The van der Waals surface area contributed by atoms with Crippen LogP contribution in [0.3, 0.4) is 0 Å². The number of carbonyl (C=O) groups is 2. The van der Waals surface area contributed by atoms with Gasteiger partial charge in [0.05, 0.1) is 0 Å². The highest BCUT2D eigenvalue weighted by molar-refractivity contribution is 6.32. The monoisotopic (exact) mass is 482 g/mol. The van der Waals surface area contributed by atoms with E-state index in [1.54, 1.807) is 0 Å². The van der Waals surface area contributed by atoms with E-state index in [9.17, 15) is 14.7 Å². The number of hydrogen-bond donors (Lipinski definition) is 2. The Balaban J connectivity index is 1.29. The molecule has 0 atom stereocenters. The lowest BCUT2D eigenvalue weighted by Gasteiger charge is -2.07. The molecule has 3 heterocycles. The SMILES string of the molecule is Cc1ccccc1COC(=O)Nc1c(Cl)noc1C#Cc1nc2oc(C3(C(=O)O)CC3)nc2o1. The number of rotatable bonds is 5. The number of aliphatic carboxylic acids is 1. The van der Waals surface area contributed by atoms with Gasteiger partial charge in [-0.25, -0.2) is 4.79 Å². The molecule has 1 amide bonds. The lowest BCUT2D eigenvalue weighted by Crippen LogP contribution is -2.19. The zero-order chi connectivity index (χ0) is 23.9. The van der Waals surface area contributed by atoms with Crippen LogP contribution in [-0.2, 0) is 21.6 Å². The van der Waals surface area contributed by atoms with Crippen molar-refractivity contribution in [2.75, 3.05) is 5.32 Å². The Bertz CT molecular complexity index is 1450. The molecule has 0 saturated heterocycles. The van der Waals surface area contributed by atoms with E-state index >= 15 is 0 Å². The molecule has 1 aliphatic rings. The number of carbonyl (C=O) groups excluding carboxylic acids is 1. The van der Waals surface area contributed by atoms with Gasteiger partial charge in [0.2, 0.25) is 11.7 Å². The van der Waals surface area contributed by atoms with Gasteiger partial charge in [0, 0.05) is 5.92 Å². The molecular weight excluding hydrogens is 468 g/mol. The Labute approximate surface area is 196 Å². The maximum atomic E-state index is 12.2. The minimum atomic E-state index is -1.11. The zero-order valence-electron chi connectivity index (χ0n) is 17.5. The second kappa shape index (κ2) is 8.24. The molecule has 11 nitrogen and oxygen atoms in total. The van der Waals surface area contributed by atoms with Crippen LogP contribution in [0, 0.1) is 18.8 Å². The van der Waals surface area contributed by atoms with Crippen molar-refractivity contribution < 1.29 is 32.8 Å². The molecule has 0 spiro atoms. The van der Waals surface area contributed by atoms with Gasteiger partial charge in [-0.15, -0.1) is 0 Å². The lowest BCUT2D eigenvalue weighted by atomic mass is 10.1. The molecule has 2 N–H and O–H groups in total. The maximum Gasteiger partial charge on any atom is 0.412 e. The summed E-state index contributed by atoms with van der Waals surface area (Å²) >= 11 is 6.00. The van der Waals surface area contributed by atoms with Gasteiger partial charge in [0.25, 0.3) is 17.3 Å². The Hall–Kier alpha value is -4.30. The summed E-state index contributed by atoms with van der Waals surface area (Å²) in [5.74, 6) is 4.15. The summed E-state index contributed by atoms with van der Waals surface area (Å²) in [6.07, 6.45) is 0.107. The Kier molecular flexibility index (Phi) is 5.22. The number of ether oxygens (including phenoxy) is 1. The molecule has 12 heteroatoms. The fourth-order valence-electron chi connectivity index (χ4n) is 3.17. The topological polar surface area (TPSA) is 154 Å². The summed E-state index contributed by atoms with van der Waals surface area (Å²) in [7, 11) is 0. The van der Waals surface area contributed by atoms with E-state index in [1.165, 1.54) is 0 Å². The Morgan fingerprint density at radius 2 is 1.97 bits per heavy atom. The number of anilines is 1. The van der Waals surface area contributed by atoms with E-state index in [0.717, 1.165) is 11.1 Å². The van der Waals surface area contributed by atoms with Crippen LogP contribution in [0.25, 0.3) is 11.4 Å². The van der Waals surface area contributed by atoms with Crippen LogP contribution < -0.4 is 5.32 Å². The van der Waals surface area contributed by atoms with Gasteiger partial charge in [-0.05, 0) is 36.8 Å². The number of halogens is 1. The normalized spacial score (nSPS) is 13.8. The number of benzene rings is 1. The fourth-order valence-corrected chi connectivity index (χ4v) is 3.34. The number of carboxylic acid groups (broad SMARTS) is 1. The molecule has 172 valence electrons. The summed E-state index contributed by atoms with van der Waals surface area (Å²) in [5, 5.41) is 15.3. The van der Waals surface area contributed by atoms with Crippen molar-refractivity contribution in [1.29, 1.82) is 0 Å². The highest BCUT2D eigenvalue weighted by Gasteiger charge is 2.56. The van der Waals surface area contributed by atoms with E-state index in [4.69, 9.17) is 29.7 Å². The molecule has 3 aromatic heterocycles. The standard InChI is InChI=1S/C22H15ClN4O7/c1-11-4-2-3-5-12(11)10-31-21(30)25-15-13(34-27-16(15)23)6-7-14-24-17-18(32-14)26-19(33-17)22(8-9-22)20(28)29/h2-5H,8-10H2,1H3,(H,25,30)(H,28,29). The number of aryl methyl sites for hydroxylation is 1. The van der Waals surface area contributed by atoms with Crippen LogP contribution in [0.5, 0.6) is 0 Å². The van der Waals surface area contributed by atoms with Gasteiger partial charge in [0.15, 0.2) is 5.15 Å². The molecule has 0 unspecified atom stereocenters. The summed E-state index contributed by atoms with van der Waals surface area (Å²) in [6.45, 7) is 1.98. The van der Waals surface area contributed by atoms with Gasteiger partial charge < -0.3 is 23.2 Å². The molecule has 5 rings (SSSR count). The van der Waals surface area contributed by atoms with Crippen LogP contribution in [0.1, 0.15) is 41.5 Å². The summed E-state index contributed by atoms with van der Waals surface area (Å²) in [6, 6.07) is 7.50. The average molecular weight is 483 g/mol. The van der Waals surface area contributed by atoms with E-state index in [-0.39, 0.29) is 46.4 Å². The third-order valence-corrected chi connectivity index (χ3v) is 5.58. The molecule has 0 aliphatic heterocycles. The summed E-state index contributed by atoms with van der Waals surface area (Å²) in [5.41, 5.74) is 0.811. The van der Waals surface area contributed by atoms with Gasteiger partial charge in [-0.2, -0.15) is 9.97 Å². The highest BCUT2D eigenvalue weighted by Crippen LogP contribution is 2.48. The number of aromatic nitrogens is 3. The van der Waals surface area contributed by atoms with Crippen LogP contribution >= 0.6 is 11.6 Å². The first-order valence-corrected chi connectivity index (χ1v) is 10.4. The molecule has 1 aliphatic carbocycles.